The zero-order valence-corrected chi connectivity index (χ0v) is 13.2. The number of nitrogens with zero attached hydrogens (tertiary/aromatic N) is 1. The van der Waals surface area contributed by atoms with E-state index in [1.165, 1.54) is 0 Å². The van der Waals surface area contributed by atoms with E-state index in [4.69, 9.17) is 0 Å². The number of amides is 1. The fraction of sp³-hybridized carbons (Fsp3) is 0.0588. The van der Waals surface area contributed by atoms with E-state index in [9.17, 15) is 4.79 Å². The van der Waals surface area contributed by atoms with Crippen LogP contribution in [0.1, 0.15) is 21.5 Å². The van der Waals surface area contributed by atoms with Crippen LogP contribution in [0.5, 0.6) is 0 Å². The van der Waals surface area contributed by atoms with Crippen LogP contribution in [0.2, 0.25) is 0 Å². The molecule has 21 heavy (non-hydrogen) atoms. The fourth-order valence-electron chi connectivity index (χ4n) is 1.64. The number of carbonyl (C=O) groups is 1. The zero-order chi connectivity index (χ0) is 15.1. The fourth-order valence-corrected chi connectivity index (χ4v) is 1.90. The van der Waals surface area contributed by atoms with Crippen LogP contribution in [0, 0.1) is 6.92 Å². The summed E-state index contributed by atoms with van der Waals surface area (Å²) in [7, 11) is 0. The first-order valence-corrected chi connectivity index (χ1v) is 7.27. The van der Waals surface area contributed by atoms with Crippen LogP contribution in [0.4, 0.5) is 0 Å². The second-order valence-corrected chi connectivity index (χ2v) is 5.41. The molecule has 0 bridgehead atoms. The van der Waals surface area contributed by atoms with Gasteiger partial charge in [-0.25, -0.2) is 5.43 Å². The molecule has 0 atom stereocenters. The van der Waals surface area contributed by atoms with Crippen molar-refractivity contribution in [3.63, 3.8) is 0 Å². The van der Waals surface area contributed by atoms with Crippen molar-refractivity contribution in [1.29, 1.82) is 0 Å². The lowest BCUT2D eigenvalue weighted by Gasteiger charge is -1.99. The molecule has 0 radical (unpaired) electrons. The molecule has 1 N–H and O–H groups in total. The number of carbonyl (C=O) groups excluding carboxylic acids is 1. The third-order valence-electron chi connectivity index (χ3n) is 2.80. The molecule has 0 saturated heterocycles. The summed E-state index contributed by atoms with van der Waals surface area (Å²) in [6.45, 7) is 1.98. The lowest BCUT2D eigenvalue weighted by molar-refractivity contribution is 0.0955. The van der Waals surface area contributed by atoms with Gasteiger partial charge in [-0.2, -0.15) is 5.10 Å². The van der Waals surface area contributed by atoms with Crippen molar-refractivity contribution in [2.24, 2.45) is 5.10 Å². The Morgan fingerprint density at radius 2 is 1.76 bits per heavy atom. The van der Waals surface area contributed by atoms with Gasteiger partial charge in [0.2, 0.25) is 0 Å². The van der Waals surface area contributed by atoms with Gasteiger partial charge in [0.25, 0.3) is 5.91 Å². The van der Waals surface area contributed by atoms with E-state index in [1.54, 1.807) is 24.4 Å². The molecular formula is C17H15BrN2O. The summed E-state index contributed by atoms with van der Waals surface area (Å²) in [5.41, 5.74) is 5.26. The molecule has 2 aromatic carbocycles. The number of rotatable bonds is 4. The number of nitrogens with one attached hydrogen (secondary N) is 1. The van der Waals surface area contributed by atoms with Crippen molar-refractivity contribution >= 4 is 34.1 Å². The van der Waals surface area contributed by atoms with Gasteiger partial charge in [-0.15, -0.1) is 0 Å². The maximum Gasteiger partial charge on any atom is 0.271 e. The van der Waals surface area contributed by atoms with Gasteiger partial charge in [-0.1, -0.05) is 51.8 Å². The molecule has 0 unspecified atom stereocenters. The number of benzene rings is 2. The van der Waals surface area contributed by atoms with Crippen LogP contribution in [0.15, 0.2) is 64.2 Å². The molecule has 4 heteroatoms. The van der Waals surface area contributed by atoms with Gasteiger partial charge in [0.1, 0.15) is 0 Å². The predicted molar refractivity (Wildman–Crippen MR) is 90.3 cm³/mol. The first-order valence-electron chi connectivity index (χ1n) is 6.47. The van der Waals surface area contributed by atoms with E-state index in [0.29, 0.717) is 5.56 Å². The van der Waals surface area contributed by atoms with E-state index >= 15 is 0 Å². The average molecular weight is 343 g/mol. The van der Waals surface area contributed by atoms with Gasteiger partial charge in [0, 0.05) is 16.3 Å². The SMILES string of the molecule is Cc1ccc(C(=O)N/N=C/C=C/c2ccc(Br)cc2)cc1. The van der Waals surface area contributed by atoms with E-state index in [2.05, 4.69) is 26.5 Å². The normalized spacial score (nSPS) is 11.1. The Bertz CT molecular complexity index is 658. The molecule has 1 amide bonds. The molecular weight excluding hydrogens is 328 g/mol. The standard InChI is InChI=1S/C17H15BrN2O/c1-13-4-8-15(9-5-13)17(21)20-19-12-2-3-14-6-10-16(18)11-7-14/h2-12H,1H3,(H,20,21)/b3-2+,19-12+. The minimum Gasteiger partial charge on any atom is -0.267 e. The third kappa shape index (κ3) is 5.00. The molecule has 0 aromatic heterocycles. The van der Waals surface area contributed by atoms with Gasteiger partial charge >= 0.3 is 0 Å². The Balaban J connectivity index is 1.86. The second kappa shape index (κ2) is 7.55. The molecule has 0 fully saturated rings. The van der Waals surface area contributed by atoms with Crippen LogP contribution in [-0.2, 0) is 0 Å². The first-order chi connectivity index (χ1) is 10.1. The van der Waals surface area contributed by atoms with E-state index in [0.717, 1.165) is 15.6 Å². The second-order valence-electron chi connectivity index (χ2n) is 4.50. The minimum atomic E-state index is -0.219. The van der Waals surface area contributed by atoms with E-state index in [-0.39, 0.29) is 5.91 Å². The number of hydrogen-bond acceptors (Lipinski definition) is 2. The highest BCUT2D eigenvalue weighted by molar-refractivity contribution is 9.10. The summed E-state index contributed by atoms with van der Waals surface area (Å²) in [6.07, 6.45) is 5.24. The highest BCUT2D eigenvalue weighted by Gasteiger charge is 2.01. The smallest absolute Gasteiger partial charge is 0.267 e. The lowest BCUT2D eigenvalue weighted by atomic mass is 10.1. The van der Waals surface area contributed by atoms with Crippen LogP contribution in [0.25, 0.3) is 6.08 Å². The van der Waals surface area contributed by atoms with Crippen molar-refractivity contribution in [1.82, 2.24) is 5.43 Å². The van der Waals surface area contributed by atoms with Crippen molar-refractivity contribution in [2.45, 2.75) is 6.92 Å². The molecule has 0 aliphatic heterocycles. The Labute approximate surface area is 132 Å². The maximum absolute atomic E-state index is 11.8. The van der Waals surface area contributed by atoms with Gasteiger partial charge < -0.3 is 0 Å². The summed E-state index contributed by atoms with van der Waals surface area (Å²) in [5, 5.41) is 3.88. The first kappa shape index (κ1) is 15.2. The molecule has 0 spiro atoms. The topological polar surface area (TPSA) is 41.5 Å². The Morgan fingerprint density at radius 3 is 2.43 bits per heavy atom. The average Bonchev–Trinajstić information content (AvgIpc) is 2.49. The van der Waals surface area contributed by atoms with Crippen molar-refractivity contribution in [2.75, 3.05) is 0 Å². The Hall–Kier alpha value is -2.20. The van der Waals surface area contributed by atoms with E-state index in [1.807, 2.05) is 49.4 Å². The van der Waals surface area contributed by atoms with Crippen LogP contribution in [0.3, 0.4) is 0 Å². The van der Waals surface area contributed by atoms with Crippen molar-refractivity contribution in [3.8, 4) is 0 Å². The molecule has 0 saturated carbocycles. The number of allylic oxidation sites excluding steroid dienone is 1. The number of aryl methyl sites for hydroxylation is 1. The molecule has 106 valence electrons. The van der Waals surface area contributed by atoms with Crippen molar-refractivity contribution < 1.29 is 4.79 Å². The highest BCUT2D eigenvalue weighted by Crippen LogP contribution is 2.11. The summed E-state index contributed by atoms with van der Waals surface area (Å²) >= 11 is 3.38. The van der Waals surface area contributed by atoms with Gasteiger partial charge in [0.05, 0.1) is 0 Å². The number of halogens is 1. The van der Waals surface area contributed by atoms with Crippen molar-refractivity contribution in [3.05, 3.63) is 75.8 Å². The monoisotopic (exact) mass is 342 g/mol. The summed E-state index contributed by atoms with van der Waals surface area (Å²) in [4.78, 5) is 11.8. The predicted octanol–water partition coefficient (Wildman–Crippen LogP) is 4.19. The Kier molecular flexibility index (Phi) is 5.46. The molecule has 2 aromatic rings. The van der Waals surface area contributed by atoms with E-state index < -0.39 is 0 Å². The lowest BCUT2D eigenvalue weighted by Crippen LogP contribution is -2.17. The largest absolute Gasteiger partial charge is 0.271 e. The van der Waals surface area contributed by atoms with Crippen LogP contribution in [-0.4, -0.2) is 12.1 Å². The minimum absolute atomic E-state index is 0.219. The van der Waals surface area contributed by atoms with Gasteiger partial charge in [0.15, 0.2) is 0 Å². The Morgan fingerprint density at radius 1 is 1.10 bits per heavy atom. The quantitative estimate of drug-likeness (QED) is 0.656. The summed E-state index contributed by atoms with van der Waals surface area (Å²) in [5.74, 6) is -0.219. The number of hydrazone groups is 1. The summed E-state index contributed by atoms with van der Waals surface area (Å²) < 4.78 is 1.04. The van der Waals surface area contributed by atoms with Gasteiger partial charge in [-0.05, 0) is 42.8 Å². The van der Waals surface area contributed by atoms with Gasteiger partial charge in [-0.3, -0.25) is 4.79 Å². The van der Waals surface area contributed by atoms with Crippen LogP contribution < -0.4 is 5.43 Å². The number of hydrogen-bond donors (Lipinski definition) is 1. The summed E-state index contributed by atoms with van der Waals surface area (Å²) in [6, 6.07) is 15.2. The highest BCUT2D eigenvalue weighted by atomic mass is 79.9. The maximum atomic E-state index is 11.8. The van der Waals surface area contributed by atoms with Crippen LogP contribution >= 0.6 is 15.9 Å². The molecule has 0 aliphatic rings. The zero-order valence-electron chi connectivity index (χ0n) is 11.6. The molecule has 2 rings (SSSR count). The molecule has 0 aliphatic carbocycles. The third-order valence-corrected chi connectivity index (χ3v) is 3.33. The molecule has 0 heterocycles. The molecule has 3 nitrogen and oxygen atoms in total.